The highest BCUT2D eigenvalue weighted by molar-refractivity contribution is 5.72. The van der Waals surface area contributed by atoms with Gasteiger partial charge in [0.25, 0.3) is 5.89 Å². The van der Waals surface area contributed by atoms with Crippen LogP contribution in [0.5, 0.6) is 5.75 Å². The van der Waals surface area contributed by atoms with Crippen LogP contribution in [0.25, 0.3) is 0 Å². The van der Waals surface area contributed by atoms with Gasteiger partial charge in [0, 0.05) is 6.42 Å². The molecule has 0 N–H and O–H groups in total. The number of benzene rings is 1. The van der Waals surface area contributed by atoms with Crippen molar-refractivity contribution < 1.29 is 18.8 Å². The summed E-state index contributed by atoms with van der Waals surface area (Å²) in [6, 6.07) is 7.41. The maximum atomic E-state index is 11.8. The number of hydrogen-bond acceptors (Lipinski definition) is 6. The Balaban J connectivity index is 1.86. The molecule has 0 saturated carbocycles. The van der Waals surface area contributed by atoms with Crippen molar-refractivity contribution >= 4 is 5.97 Å². The van der Waals surface area contributed by atoms with E-state index in [2.05, 4.69) is 10.1 Å². The maximum Gasteiger partial charge on any atom is 0.310 e. The second kappa shape index (κ2) is 7.59. The highest BCUT2D eigenvalue weighted by Gasteiger charge is 2.10. The summed E-state index contributed by atoms with van der Waals surface area (Å²) in [5.74, 6) is 1.30. The number of nitrogens with zero attached hydrogens (tertiary/aromatic N) is 2. The van der Waals surface area contributed by atoms with Gasteiger partial charge in [0.2, 0.25) is 0 Å². The first-order valence-electron chi connectivity index (χ1n) is 7.29. The van der Waals surface area contributed by atoms with Gasteiger partial charge in [0.15, 0.2) is 12.4 Å². The summed E-state index contributed by atoms with van der Waals surface area (Å²) < 4.78 is 15.7. The second-order valence-corrected chi connectivity index (χ2v) is 5.11. The molecular formula is C16H20N2O4. The summed E-state index contributed by atoms with van der Waals surface area (Å²) in [5, 5.41) is 3.74. The molecule has 1 heterocycles. The third-order valence-electron chi connectivity index (χ3n) is 2.80. The lowest BCUT2D eigenvalue weighted by molar-refractivity contribution is -0.144. The third kappa shape index (κ3) is 4.87. The fraction of sp³-hybridized carbons (Fsp3) is 0.438. The molecule has 2 rings (SSSR count). The lowest BCUT2D eigenvalue weighted by Gasteiger charge is -2.10. The monoisotopic (exact) mass is 304 g/mol. The fourth-order valence-corrected chi connectivity index (χ4v) is 1.85. The average Bonchev–Trinajstić information content (AvgIpc) is 2.93. The molecule has 0 amide bonds. The highest BCUT2D eigenvalue weighted by Crippen LogP contribution is 2.15. The first-order chi connectivity index (χ1) is 10.6. The van der Waals surface area contributed by atoms with Crippen molar-refractivity contribution in [2.45, 2.75) is 46.3 Å². The molecule has 0 aliphatic carbocycles. The summed E-state index contributed by atoms with van der Waals surface area (Å²) in [5.41, 5.74) is 0.836. The van der Waals surface area contributed by atoms with E-state index in [0.717, 1.165) is 11.3 Å². The van der Waals surface area contributed by atoms with Gasteiger partial charge in [0.05, 0.1) is 12.5 Å². The number of carbonyl (C=O) groups excluding carboxylic acids is 1. The van der Waals surface area contributed by atoms with Crippen LogP contribution >= 0.6 is 0 Å². The van der Waals surface area contributed by atoms with E-state index in [1.54, 1.807) is 0 Å². The lowest BCUT2D eigenvalue weighted by Crippen LogP contribution is -2.09. The smallest absolute Gasteiger partial charge is 0.310 e. The topological polar surface area (TPSA) is 74.5 Å². The summed E-state index contributed by atoms with van der Waals surface area (Å²) in [6.45, 7) is 5.83. The Labute approximate surface area is 129 Å². The Bertz CT molecular complexity index is 622. The first-order valence-corrected chi connectivity index (χ1v) is 7.29. The van der Waals surface area contributed by atoms with E-state index in [0.29, 0.717) is 18.1 Å². The van der Waals surface area contributed by atoms with E-state index < -0.39 is 0 Å². The van der Waals surface area contributed by atoms with E-state index in [1.165, 1.54) is 0 Å². The van der Waals surface area contributed by atoms with Crippen molar-refractivity contribution in [1.29, 1.82) is 0 Å². The maximum absolute atomic E-state index is 11.8. The standard InChI is InChI=1S/C16H20N2O4/c1-4-14-17-15(22-18-14)10-20-16(19)9-12-6-5-7-13(8-12)21-11(2)3/h5-8,11H,4,9-10H2,1-3H3. The van der Waals surface area contributed by atoms with Crippen molar-refractivity contribution in [3.63, 3.8) is 0 Å². The average molecular weight is 304 g/mol. The van der Waals surface area contributed by atoms with Crippen LogP contribution in [0.15, 0.2) is 28.8 Å². The quantitative estimate of drug-likeness (QED) is 0.732. The summed E-state index contributed by atoms with van der Waals surface area (Å²) in [7, 11) is 0. The number of esters is 1. The first kappa shape index (κ1) is 16.0. The van der Waals surface area contributed by atoms with Gasteiger partial charge in [0.1, 0.15) is 5.75 Å². The molecule has 1 aromatic carbocycles. The second-order valence-electron chi connectivity index (χ2n) is 5.11. The van der Waals surface area contributed by atoms with Gasteiger partial charge >= 0.3 is 5.97 Å². The molecule has 0 saturated heterocycles. The van der Waals surface area contributed by atoms with Crippen LogP contribution in [0.4, 0.5) is 0 Å². The predicted molar refractivity (Wildman–Crippen MR) is 79.4 cm³/mol. The van der Waals surface area contributed by atoms with Crippen LogP contribution < -0.4 is 4.74 Å². The Hall–Kier alpha value is -2.37. The molecule has 6 nitrogen and oxygen atoms in total. The zero-order chi connectivity index (χ0) is 15.9. The van der Waals surface area contributed by atoms with E-state index in [-0.39, 0.29) is 25.1 Å². The lowest BCUT2D eigenvalue weighted by atomic mass is 10.1. The molecule has 0 aliphatic heterocycles. The summed E-state index contributed by atoms with van der Waals surface area (Å²) in [6.07, 6.45) is 0.942. The van der Waals surface area contributed by atoms with Crippen molar-refractivity contribution in [1.82, 2.24) is 10.1 Å². The van der Waals surface area contributed by atoms with Crippen LogP contribution in [0.1, 0.15) is 38.0 Å². The van der Waals surface area contributed by atoms with E-state index in [1.807, 2.05) is 45.0 Å². The predicted octanol–water partition coefficient (Wildman–Crippen LogP) is 2.71. The van der Waals surface area contributed by atoms with Crippen molar-refractivity contribution in [3.8, 4) is 5.75 Å². The molecule has 0 spiro atoms. The molecule has 22 heavy (non-hydrogen) atoms. The normalized spacial score (nSPS) is 10.7. The van der Waals surface area contributed by atoms with Crippen LogP contribution in [0, 0.1) is 0 Å². The molecule has 1 aromatic heterocycles. The minimum Gasteiger partial charge on any atom is -0.491 e. The zero-order valence-corrected chi connectivity index (χ0v) is 13.0. The van der Waals surface area contributed by atoms with Gasteiger partial charge in [-0.25, -0.2) is 0 Å². The van der Waals surface area contributed by atoms with Crippen molar-refractivity contribution in [2.75, 3.05) is 0 Å². The molecule has 2 aromatic rings. The van der Waals surface area contributed by atoms with Gasteiger partial charge < -0.3 is 14.0 Å². The van der Waals surface area contributed by atoms with Gasteiger partial charge in [-0.15, -0.1) is 0 Å². The zero-order valence-electron chi connectivity index (χ0n) is 13.0. The van der Waals surface area contributed by atoms with Crippen LogP contribution in [0.2, 0.25) is 0 Å². The Morgan fingerprint density at radius 1 is 1.36 bits per heavy atom. The minimum absolute atomic E-state index is 0.00593. The van der Waals surface area contributed by atoms with Crippen molar-refractivity contribution in [2.24, 2.45) is 0 Å². The molecule has 0 unspecified atom stereocenters. The van der Waals surface area contributed by atoms with Crippen LogP contribution in [-0.4, -0.2) is 22.2 Å². The molecular weight excluding hydrogens is 284 g/mol. The number of carbonyl (C=O) groups is 1. The SMILES string of the molecule is CCc1noc(COC(=O)Cc2cccc(OC(C)C)c2)n1. The highest BCUT2D eigenvalue weighted by atomic mass is 16.6. The largest absolute Gasteiger partial charge is 0.491 e. The molecule has 0 bridgehead atoms. The molecule has 0 fully saturated rings. The fourth-order valence-electron chi connectivity index (χ4n) is 1.85. The van der Waals surface area contributed by atoms with E-state index >= 15 is 0 Å². The third-order valence-corrected chi connectivity index (χ3v) is 2.80. The van der Waals surface area contributed by atoms with Crippen LogP contribution in [-0.2, 0) is 29.0 Å². The van der Waals surface area contributed by atoms with E-state index in [9.17, 15) is 4.79 Å². The van der Waals surface area contributed by atoms with Gasteiger partial charge in [-0.1, -0.05) is 24.2 Å². The summed E-state index contributed by atoms with van der Waals surface area (Å²) >= 11 is 0. The Kier molecular flexibility index (Phi) is 5.52. The minimum atomic E-state index is -0.349. The Morgan fingerprint density at radius 2 is 2.18 bits per heavy atom. The molecule has 6 heteroatoms. The molecule has 0 atom stereocenters. The molecule has 0 radical (unpaired) electrons. The van der Waals surface area contributed by atoms with Gasteiger partial charge in [-0.2, -0.15) is 4.98 Å². The summed E-state index contributed by atoms with van der Waals surface area (Å²) in [4.78, 5) is 15.9. The van der Waals surface area contributed by atoms with Gasteiger partial charge in [-0.3, -0.25) is 4.79 Å². The number of hydrogen-bond donors (Lipinski definition) is 0. The van der Waals surface area contributed by atoms with Crippen LogP contribution in [0.3, 0.4) is 0 Å². The number of aryl methyl sites for hydroxylation is 1. The van der Waals surface area contributed by atoms with Gasteiger partial charge in [-0.05, 0) is 31.5 Å². The van der Waals surface area contributed by atoms with E-state index in [4.69, 9.17) is 14.0 Å². The molecule has 0 aliphatic rings. The molecule has 118 valence electrons. The number of rotatable bonds is 7. The Morgan fingerprint density at radius 3 is 2.86 bits per heavy atom. The van der Waals surface area contributed by atoms with Crippen molar-refractivity contribution in [3.05, 3.63) is 41.5 Å². The number of aromatic nitrogens is 2. The number of ether oxygens (including phenoxy) is 2.